The summed E-state index contributed by atoms with van der Waals surface area (Å²) >= 11 is 0. The third-order valence-electron chi connectivity index (χ3n) is 4.16. The highest BCUT2D eigenvalue weighted by Gasteiger charge is 2.14. The first-order chi connectivity index (χ1) is 9.11. The Hall–Kier alpha value is -0.860. The van der Waals surface area contributed by atoms with Gasteiger partial charge in [-0.1, -0.05) is 32.0 Å². The van der Waals surface area contributed by atoms with Gasteiger partial charge in [0.1, 0.15) is 0 Å². The van der Waals surface area contributed by atoms with Crippen LogP contribution in [-0.4, -0.2) is 19.6 Å². The van der Waals surface area contributed by atoms with Crippen LogP contribution in [0.4, 0.5) is 0 Å². The van der Waals surface area contributed by atoms with Gasteiger partial charge in [-0.25, -0.2) is 0 Å². The molecule has 0 saturated carbocycles. The molecule has 0 fully saturated rings. The Morgan fingerprint density at radius 2 is 1.89 bits per heavy atom. The topological polar surface area (TPSA) is 38.0 Å². The second-order valence-corrected chi connectivity index (χ2v) is 6.61. The van der Waals surface area contributed by atoms with Crippen molar-refractivity contribution in [3.8, 4) is 0 Å². The molecule has 0 aromatic heterocycles. The molecular formula is C17H28N2. The lowest BCUT2D eigenvalue weighted by Crippen LogP contribution is -2.36. The molecule has 1 aromatic rings. The number of nitrogens with two attached hydrogens (primary N) is 1. The largest absolute Gasteiger partial charge is 0.330 e. The average molecular weight is 260 g/mol. The molecule has 2 heteroatoms. The van der Waals surface area contributed by atoms with E-state index in [-0.39, 0.29) is 5.41 Å². The minimum absolute atomic E-state index is 0.204. The first kappa shape index (κ1) is 14.5. The first-order valence-electron chi connectivity index (χ1n) is 7.62. The fraction of sp³-hybridized carbons (Fsp3) is 0.647. The maximum absolute atomic E-state index is 5.74. The van der Waals surface area contributed by atoms with E-state index >= 15 is 0 Å². The van der Waals surface area contributed by atoms with Crippen molar-refractivity contribution in [3.05, 3.63) is 34.9 Å². The van der Waals surface area contributed by atoms with Gasteiger partial charge in [-0.05, 0) is 67.3 Å². The number of fused-ring (bicyclic) bond motifs is 1. The molecule has 0 atom stereocenters. The van der Waals surface area contributed by atoms with Crippen molar-refractivity contribution in [2.24, 2.45) is 11.1 Å². The van der Waals surface area contributed by atoms with E-state index in [2.05, 4.69) is 37.4 Å². The third-order valence-corrected chi connectivity index (χ3v) is 4.16. The molecule has 2 rings (SSSR count). The lowest BCUT2D eigenvalue weighted by Gasteiger charge is -2.22. The lowest BCUT2D eigenvalue weighted by molar-refractivity contribution is 0.353. The van der Waals surface area contributed by atoms with Crippen molar-refractivity contribution in [1.29, 1.82) is 0 Å². The van der Waals surface area contributed by atoms with E-state index in [1.165, 1.54) is 31.2 Å². The number of rotatable bonds is 6. The lowest BCUT2D eigenvalue weighted by atomic mass is 9.90. The normalized spacial score (nSPS) is 15.3. The van der Waals surface area contributed by atoms with Gasteiger partial charge in [-0.2, -0.15) is 0 Å². The summed E-state index contributed by atoms with van der Waals surface area (Å²) < 4.78 is 0. The number of benzene rings is 1. The molecule has 3 N–H and O–H groups in total. The van der Waals surface area contributed by atoms with Gasteiger partial charge < -0.3 is 11.1 Å². The van der Waals surface area contributed by atoms with Crippen LogP contribution in [0.1, 0.15) is 43.4 Å². The van der Waals surface area contributed by atoms with Crippen molar-refractivity contribution < 1.29 is 0 Å². The van der Waals surface area contributed by atoms with Crippen molar-refractivity contribution in [3.63, 3.8) is 0 Å². The highest BCUT2D eigenvalue weighted by atomic mass is 14.9. The summed E-state index contributed by atoms with van der Waals surface area (Å²) in [5.41, 5.74) is 10.6. The van der Waals surface area contributed by atoms with Crippen molar-refractivity contribution in [2.75, 3.05) is 19.6 Å². The van der Waals surface area contributed by atoms with E-state index in [1.54, 1.807) is 11.1 Å². The van der Waals surface area contributed by atoms with Crippen molar-refractivity contribution in [1.82, 2.24) is 5.32 Å². The summed E-state index contributed by atoms with van der Waals surface area (Å²) in [6.45, 7) is 7.19. The van der Waals surface area contributed by atoms with Gasteiger partial charge in [-0.15, -0.1) is 0 Å². The number of hydrogen-bond donors (Lipinski definition) is 2. The molecule has 0 bridgehead atoms. The monoisotopic (exact) mass is 260 g/mol. The van der Waals surface area contributed by atoms with Crippen LogP contribution in [0.2, 0.25) is 0 Å². The van der Waals surface area contributed by atoms with Crippen LogP contribution in [0.3, 0.4) is 0 Å². The van der Waals surface area contributed by atoms with Crippen LogP contribution >= 0.6 is 0 Å². The Kier molecular flexibility index (Phi) is 5.00. The molecule has 0 amide bonds. The highest BCUT2D eigenvalue weighted by Crippen LogP contribution is 2.22. The van der Waals surface area contributed by atoms with E-state index < -0.39 is 0 Å². The Morgan fingerprint density at radius 1 is 1.16 bits per heavy atom. The molecule has 0 saturated heterocycles. The molecule has 0 aliphatic heterocycles. The van der Waals surface area contributed by atoms with Crippen molar-refractivity contribution >= 4 is 0 Å². The Morgan fingerprint density at radius 3 is 2.63 bits per heavy atom. The van der Waals surface area contributed by atoms with Crippen LogP contribution in [0.5, 0.6) is 0 Å². The van der Waals surface area contributed by atoms with Crippen LogP contribution < -0.4 is 11.1 Å². The summed E-state index contributed by atoms with van der Waals surface area (Å²) in [6, 6.07) is 7.07. The minimum atomic E-state index is 0.204. The first-order valence-corrected chi connectivity index (χ1v) is 7.62. The number of hydrogen-bond acceptors (Lipinski definition) is 2. The molecule has 106 valence electrons. The van der Waals surface area contributed by atoms with Gasteiger partial charge in [0.25, 0.3) is 0 Å². The van der Waals surface area contributed by atoms with E-state index in [0.717, 1.165) is 26.1 Å². The summed E-state index contributed by atoms with van der Waals surface area (Å²) in [6.07, 6.45) is 6.39. The van der Waals surface area contributed by atoms with Crippen LogP contribution in [0, 0.1) is 5.41 Å². The zero-order valence-corrected chi connectivity index (χ0v) is 12.5. The molecule has 0 radical (unpaired) electrons. The zero-order chi connectivity index (χ0) is 13.7. The Labute approximate surface area is 117 Å². The van der Waals surface area contributed by atoms with Gasteiger partial charge in [0.15, 0.2) is 0 Å². The number of nitrogens with one attached hydrogen (secondary N) is 1. The van der Waals surface area contributed by atoms with Gasteiger partial charge in [0.2, 0.25) is 0 Å². The van der Waals surface area contributed by atoms with Crippen molar-refractivity contribution in [2.45, 2.75) is 46.0 Å². The summed E-state index contributed by atoms with van der Waals surface area (Å²) in [7, 11) is 0. The third kappa shape index (κ3) is 4.32. The molecule has 1 aromatic carbocycles. The molecule has 19 heavy (non-hydrogen) atoms. The molecular weight excluding hydrogens is 232 g/mol. The minimum Gasteiger partial charge on any atom is -0.330 e. The maximum atomic E-state index is 5.74. The average Bonchev–Trinajstić information content (AvgIpc) is 2.43. The summed E-state index contributed by atoms with van der Waals surface area (Å²) in [4.78, 5) is 0. The second kappa shape index (κ2) is 6.53. The fourth-order valence-electron chi connectivity index (χ4n) is 2.67. The molecule has 2 nitrogen and oxygen atoms in total. The van der Waals surface area contributed by atoms with Gasteiger partial charge in [0, 0.05) is 6.54 Å². The Balaban J connectivity index is 1.80. The van der Waals surface area contributed by atoms with Crippen LogP contribution in [0.15, 0.2) is 18.2 Å². The number of aryl methyl sites for hydroxylation is 2. The van der Waals surface area contributed by atoms with Crippen LogP contribution in [0.25, 0.3) is 0 Å². The molecule has 0 heterocycles. The highest BCUT2D eigenvalue weighted by molar-refractivity contribution is 5.33. The van der Waals surface area contributed by atoms with E-state index in [0.29, 0.717) is 0 Å². The smallest absolute Gasteiger partial charge is 0.00147 e. The molecule has 0 spiro atoms. The Bertz CT molecular complexity index is 410. The molecule has 1 aliphatic carbocycles. The van der Waals surface area contributed by atoms with Crippen LogP contribution in [-0.2, 0) is 19.3 Å². The predicted octanol–water partition coefficient (Wildman–Crippen LogP) is 2.68. The van der Waals surface area contributed by atoms with E-state index in [9.17, 15) is 0 Å². The summed E-state index contributed by atoms with van der Waals surface area (Å²) in [5.74, 6) is 0. The van der Waals surface area contributed by atoms with E-state index in [4.69, 9.17) is 5.73 Å². The maximum Gasteiger partial charge on any atom is 0.00147 e. The molecule has 0 unspecified atom stereocenters. The standard InChI is InChI=1S/C17H28N2/c1-17(2,12-18)13-19-10-9-14-7-8-15-5-3-4-6-16(15)11-14/h7-8,11,19H,3-6,9-10,12-13,18H2,1-2H3. The second-order valence-electron chi connectivity index (χ2n) is 6.61. The predicted molar refractivity (Wildman–Crippen MR) is 82.5 cm³/mol. The fourth-order valence-corrected chi connectivity index (χ4v) is 2.67. The van der Waals surface area contributed by atoms with Gasteiger partial charge >= 0.3 is 0 Å². The SMILES string of the molecule is CC(C)(CN)CNCCc1ccc2c(c1)CCCC2. The quantitative estimate of drug-likeness (QED) is 0.772. The zero-order valence-electron chi connectivity index (χ0n) is 12.5. The van der Waals surface area contributed by atoms with Gasteiger partial charge in [0.05, 0.1) is 0 Å². The van der Waals surface area contributed by atoms with Gasteiger partial charge in [-0.3, -0.25) is 0 Å². The molecule has 1 aliphatic rings. The summed E-state index contributed by atoms with van der Waals surface area (Å²) in [5, 5.41) is 3.53. The van der Waals surface area contributed by atoms with E-state index in [1.807, 2.05) is 0 Å².